The van der Waals surface area contributed by atoms with Crippen LogP contribution < -0.4 is 10.5 Å². The van der Waals surface area contributed by atoms with Gasteiger partial charge in [0.2, 0.25) is 12.2 Å². The molecule has 0 amide bonds. The maximum absolute atomic E-state index is 9.11. The van der Waals surface area contributed by atoms with Crippen LogP contribution in [0.15, 0.2) is 77.9 Å². The van der Waals surface area contributed by atoms with Crippen LogP contribution >= 0.6 is 11.6 Å². The number of nitriles is 1. The predicted molar refractivity (Wildman–Crippen MR) is 179 cm³/mol. The fraction of sp³-hybridized carbons (Fsp3) is 0.457. The average molecular weight is 616 g/mol. The molecule has 1 aliphatic rings. The molecule has 1 fully saturated rings. The first-order chi connectivity index (χ1) is 21.5. The summed E-state index contributed by atoms with van der Waals surface area (Å²) in [6.45, 7) is 7.05. The van der Waals surface area contributed by atoms with Crippen LogP contribution in [-0.2, 0) is 6.54 Å². The van der Waals surface area contributed by atoms with Gasteiger partial charge in [-0.05, 0) is 106 Å². The minimum absolute atomic E-state index is 0.169. The molecule has 0 bridgehead atoms. The molecule has 1 aliphatic heterocycles. The van der Waals surface area contributed by atoms with Gasteiger partial charge in [-0.1, -0.05) is 48.4 Å². The number of piperidine rings is 1. The number of aliphatic imine (C=N–C) groups is 1. The summed E-state index contributed by atoms with van der Waals surface area (Å²) >= 11 is 6.15. The highest BCUT2D eigenvalue weighted by Gasteiger charge is 2.17. The highest BCUT2D eigenvalue weighted by Crippen LogP contribution is 2.28. The second kappa shape index (κ2) is 18.2. The Labute approximate surface area is 268 Å². The van der Waals surface area contributed by atoms with Crippen LogP contribution in [0.25, 0.3) is 0 Å². The number of nitrogens with zero attached hydrogens (tertiary/aromatic N) is 6. The van der Waals surface area contributed by atoms with Crippen molar-refractivity contribution in [1.29, 1.82) is 5.26 Å². The Morgan fingerprint density at radius 3 is 2.59 bits per heavy atom. The lowest BCUT2D eigenvalue weighted by molar-refractivity contribution is 0.220. The van der Waals surface area contributed by atoms with Crippen molar-refractivity contribution in [2.24, 2.45) is 10.7 Å². The number of likely N-dealkylation sites (tertiary alicyclic amines) is 1. The molecule has 2 heterocycles. The van der Waals surface area contributed by atoms with E-state index in [1.807, 2.05) is 47.6 Å². The van der Waals surface area contributed by atoms with E-state index in [9.17, 15) is 0 Å². The SMILES string of the molecule is CN(CCC(c1ccc(Cl)cc1)c1ccccn1)CCN(CCCCOc1cccc(CN2CCCCC2)c1)C(N)=NC#N. The van der Waals surface area contributed by atoms with Gasteiger partial charge < -0.3 is 20.3 Å². The summed E-state index contributed by atoms with van der Waals surface area (Å²) in [7, 11) is 2.11. The van der Waals surface area contributed by atoms with E-state index < -0.39 is 0 Å². The van der Waals surface area contributed by atoms with Gasteiger partial charge in [0.25, 0.3) is 0 Å². The summed E-state index contributed by atoms with van der Waals surface area (Å²) in [5.74, 6) is 1.36. The molecule has 4 rings (SSSR count). The number of hydrogen-bond acceptors (Lipinski definition) is 6. The summed E-state index contributed by atoms with van der Waals surface area (Å²) in [5.41, 5.74) is 9.73. The van der Waals surface area contributed by atoms with Gasteiger partial charge in [-0.2, -0.15) is 5.26 Å². The van der Waals surface area contributed by atoms with E-state index in [-0.39, 0.29) is 11.9 Å². The van der Waals surface area contributed by atoms with Crippen LogP contribution in [0.5, 0.6) is 5.75 Å². The van der Waals surface area contributed by atoms with E-state index in [1.165, 1.54) is 43.5 Å². The highest BCUT2D eigenvalue weighted by atomic mass is 35.5. The number of nitrogens with two attached hydrogens (primary N) is 1. The molecule has 2 N–H and O–H groups in total. The molecular formula is C35H46ClN7O. The molecule has 0 saturated carbocycles. The van der Waals surface area contributed by atoms with Gasteiger partial charge >= 0.3 is 0 Å². The Morgan fingerprint density at radius 1 is 1.02 bits per heavy atom. The molecule has 0 spiro atoms. The van der Waals surface area contributed by atoms with E-state index in [0.717, 1.165) is 55.4 Å². The Morgan fingerprint density at radius 2 is 1.84 bits per heavy atom. The second-order valence-corrected chi connectivity index (χ2v) is 12.0. The van der Waals surface area contributed by atoms with Crippen LogP contribution in [0.1, 0.15) is 61.3 Å². The van der Waals surface area contributed by atoms with E-state index in [0.29, 0.717) is 19.7 Å². The summed E-state index contributed by atoms with van der Waals surface area (Å²) in [6, 6.07) is 22.6. The monoisotopic (exact) mass is 615 g/mol. The third-order valence-electron chi connectivity index (χ3n) is 8.20. The zero-order chi connectivity index (χ0) is 31.0. The lowest BCUT2D eigenvalue weighted by Gasteiger charge is -2.27. The molecule has 2 aromatic carbocycles. The minimum atomic E-state index is 0.169. The smallest absolute Gasteiger partial charge is 0.209 e. The van der Waals surface area contributed by atoms with Crippen LogP contribution in [0.2, 0.25) is 5.02 Å². The quantitative estimate of drug-likeness (QED) is 0.0896. The van der Waals surface area contributed by atoms with E-state index >= 15 is 0 Å². The van der Waals surface area contributed by atoms with E-state index in [1.54, 1.807) is 0 Å². The van der Waals surface area contributed by atoms with Crippen molar-refractivity contribution in [2.45, 2.75) is 51.0 Å². The van der Waals surface area contributed by atoms with Crippen molar-refractivity contribution in [3.05, 3.63) is 94.8 Å². The normalized spacial score (nSPS) is 14.7. The highest BCUT2D eigenvalue weighted by molar-refractivity contribution is 6.30. The zero-order valence-corrected chi connectivity index (χ0v) is 26.7. The average Bonchev–Trinajstić information content (AvgIpc) is 3.04. The number of aromatic nitrogens is 1. The van der Waals surface area contributed by atoms with Gasteiger partial charge in [0.1, 0.15) is 5.75 Å². The Balaban J connectivity index is 1.22. The van der Waals surface area contributed by atoms with Crippen molar-refractivity contribution in [1.82, 2.24) is 19.7 Å². The maximum Gasteiger partial charge on any atom is 0.209 e. The van der Waals surface area contributed by atoms with E-state index in [2.05, 4.69) is 63.2 Å². The number of rotatable bonds is 16. The fourth-order valence-corrected chi connectivity index (χ4v) is 5.81. The summed E-state index contributed by atoms with van der Waals surface area (Å²) < 4.78 is 6.09. The first kappa shape index (κ1) is 33.3. The predicted octanol–water partition coefficient (Wildman–Crippen LogP) is 6.13. The molecule has 1 atom stereocenters. The Kier molecular flexibility index (Phi) is 13.8. The number of likely N-dealkylation sites (N-methyl/N-ethyl adjacent to an activating group) is 1. The molecular weight excluding hydrogens is 570 g/mol. The van der Waals surface area contributed by atoms with Crippen molar-refractivity contribution in [2.75, 3.05) is 52.9 Å². The number of guanidine groups is 1. The molecule has 0 aliphatic carbocycles. The first-order valence-electron chi connectivity index (χ1n) is 15.8. The van der Waals surface area contributed by atoms with Crippen LogP contribution in [0.3, 0.4) is 0 Å². The summed E-state index contributed by atoms with van der Waals surface area (Å²) in [5, 5.41) is 9.84. The number of unbranched alkanes of at least 4 members (excludes halogenated alkanes) is 1. The number of pyridine rings is 1. The third-order valence-corrected chi connectivity index (χ3v) is 8.45. The molecule has 0 radical (unpaired) electrons. The summed E-state index contributed by atoms with van der Waals surface area (Å²) in [6.07, 6.45) is 10.3. The molecule has 1 aromatic heterocycles. The van der Waals surface area contributed by atoms with Gasteiger partial charge in [-0.15, -0.1) is 4.99 Å². The van der Waals surface area contributed by atoms with Gasteiger partial charge in [0.05, 0.1) is 6.61 Å². The lowest BCUT2D eigenvalue weighted by Crippen LogP contribution is -2.42. The van der Waals surface area contributed by atoms with Crippen molar-refractivity contribution in [3.63, 3.8) is 0 Å². The molecule has 8 nitrogen and oxygen atoms in total. The molecule has 1 saturated heterocycles. The molecule has 234 valence electrons. The minimum Gasteiger partial charge on any atom is -0.494 e. The topological polar surface area (TPSA) is 94.0 Å². The van der Waals surface area contributed by atoms with Crippen LogP contribution in [0.4, 0.5) is 0 Å². The zero-order valence-electron chi connectivity index (χ0n) is 26.0. The molecule has 9 heteroatoms. The Bertz CT molecular complexity index is 1320. The second-order valence-electron chi connectivity index (χ2n) is 11.5. The molecule has 1 unspecified atom stereocenters. The van der Waals surface area contributed by atoms with Crippen molar-refractivity contribution >= 4 is 17.6 Å². The molecule has 44 heavy (non-hydrogen) atoms. The van der Waals surface area contributed by atoms with Crippen LogP contribution in [0, 0.1) is 11.5 Å². The molecule has 3 aromatic rings. The van der Waals surface area contributed by atoms with Gasteiger partial charge in [-0.25, -0.2) is 0 Å². The van der Waals surface area contributed by atoms with Crippen LogP contribution in [-0.4, -0.2) is 78.6 Å². The fourth-order valence-electron chi connectivity index (χ4n) is 5.68. The van der Waals surface area contributed by atoms with Crippen molar-refractivity contribution in [3.8, 4) is 11.9 Å². The number of benzene rings is 2. The number of hydrogen-bond donors (Lipinski definition) is 1. The number of halogens is 1. The van der Waals surface area contributed by atoms with Gasteiger partial charge in [0, 0.05) is 49.0 Å². The van der Waals surface area contributed by atoms with Gasteiger partial charge in [-0.3, -0.25) is 9.88 Å². The standard InChI is InChI=1S/C35H46ClN7O/c1-41(22-17-33(34-12-3-4-18-39-34)30-13-15-31(36)16-14-30)23-24-43(35(38)40-28-37)21-7-8-25-44-32-11-9-10-29(26-32)27-42-19-5-2-6-20-42/h3-4,9-16,18,26,33H,2,5-8,17,19-25,27H2,1H3,(H2,38,40). The van der Waals surface area contributed by atoms with Gasteiger partial charge in [0.15, 0.2) is 0 Å². The summed E-state index contributed by atoms with van der Waals surface area (Å²) in [4.78, 5) is 15.3. The van der Waals surface area contributed by atoms with E-state index in [4.69, 9.17) is 27.3 Å². The lowest BCUT2D eigenvalue weighted by atomic mass is 9.92. The largest absolute Gasteiger partial charge is 0.494 e. The Hall–Kier alpha value is -3.64. The number of ether oxygens (including phenoxy) is 1. The maximum atomic E-state index is 9.11. The third kappa shape index (κ3) is 11.1. The van der Waals surface area contributed by atoms with Crippen molar-refractivity contribution < 1.29 is 4.74 Å². The first-order valence-corrected chi connectivity index (χ1v) is 16.2.